The van der Waals surface area contributed by atoms with E-state index in [-0.39, 0.29) is 11.9 Å². The Bertz CT molecular complexity index is 1330. The first-order valence-corrected chi connectivity index (χ1v) is 11.8. The Morgan fingerprint density at radius 1 is 1.18 bits per heavy atom. The summed E-state index contributed by atoms with van der Waals surface area (Å²) in [7, 11) is 0. The Morgan fingerprint density at radius 2 is 2.00 bits per heavy atom. The summed E-state index contributed by atoms with van der Waals surface area (Å²) in [6, 6.07) is 17.3. The predicted molar refractivity (Wildman–Crippen MR) is 132 cm³/mol. The second-order valence-electron chi connectivity index (χ2n) is 7.53. The summed E-state index contributed by atoms with van der Waals surface area (Å²) >= 11 is 13.5. The number of thiophene rings is 1. The number of halogens is 2. The molecule has 4 aromatic rings. The fourth-order valence-electron chi connectivity index (χ4n) is 3.79. The molecule has 2 aromatic heterocycles. The molecule has 166 valence electrons. The summed E-state index contributed by atoms with van der Waals surface area (Å²) in [6.07, 6.45) is 0. The summed E-state index contributed by atoms with van der Waals surface area (Å²) in [6.45, 7) is 2.60. The number of hydrogen-bond acceptors (Lipinski definition) is 5. The molecule has 1 atom stereocenters. The van der Waals surface area contributed by atoms with Crippen LogP contribution in [0.1, 0.15) is 29.3 Å². The molecular weight excluding hydrogens is 479 g/mol. The van der Waals surface area contributed by atoms with Crippen LogP contribution in [0, 0.1) is 5.82 Å². The van der Waals surface area contributed by atoms with Crippen molar-refractivity contribution in [1.29, 1.82) is 0 Å². The summed E-state index contributed by atoms with van der Waals surface area (Å²) in [5.41, 5.74) is 3.27. The van der Waals surface area contributed by atoms with Gasteiger partial charge < -0.3 is 14.7 Å². The van der Waals surface area contributed by atoms with Crippen molar-refractivity contribution in [3.63, 3.8) is 0 Å². The zero-order valence-corrected chi connectivity index (χ0v) is 19.8. The maximum Gasteiger partial charge on any atom is 0.258 e. The summed E-state index contributed by atoms with van der Waals surface area (Å²) in [4.78, 5) is 7.85. The van der Waals surface area contributed by atoms with E-state index in [1.807, 2.05) is 35.4 Å². The normalized spacial score (nSPS) is 16.3. The third kappa shape index (κ3) is 4.42. The number of thiocarbonyl (C=S) groups is 1. The van der Waals surface area contributed by atoms with Gasteiger partial charge in [-0.05, 0) is 60.4 Å². The van der Waals surface area contributed by atoms with E-state index in [4.69, 9.17) is 28.3 Å². The minimum absolute atomic E-state index is 0.306. The Labute approximate surface area is 204 Å². The third-order valence-corrected chi connectivity index (χ3v) is 6.87. The van der Waals surface area contributed by atoms with Crippen molar-refractivity contribution >= 4 is 45.8 Å². The molecule has 0 aliphatic carbocycles. The van der Waals surface area contributed by atoms with Gasteiger partial charge in [0, 0.05) is 21.2 Å². The Kier molecular flexibility index (Phi) is 5.97. The number of nitrogens with zero attached hydrogens (tertiary/aromatic N) is 3. The van der Waals surface area contributed by atoms with E-state index >= 15 is 0 Å². The highest BCUT2D eigenvalue weighted by atomic mass is 35.5. The van der Waals surface area contributed by atoms with Crippen molar-refractivity contribution in [2.24, 2.45) is 0 Å². The maximum absolute atomic E-state index is 13.6. The molecule has 0 fully saturated rings. The molecule has 3 heterocycles. The van der Waals surface area contributed by atoms with Crippen LogP contribution in [0.2, 0.25) is 5.02 Å². The quantitative estimate of drug-likeness (QED) is 0.320. The first-order valence-electron chi connectivity index (χ1n) is 10.2. The number of rotatable bonds is 5. The molecule has 0 saturated carbocycles. The Hall–Kier alpha value is -3.07. The zero-order valence-electron chi connectivity index (χ0n) is 17.5. The molecule has 1 N–H and O–H groups in total. The van der Waals surface area contributed by atoms with Crippen LogP contribution in [0.5, 0.6) is 0 Å². The van der Waals surface area contributed by atoms with Crippen molar-refractivity contribution in [1.82, 2.24) is 20.4 Å². The molecule has 0 bridgehead atoms. The molecule has 9 heteroatoms. The molecule has 0 amide bonds. The van der Waals surface area contributed by atoms with Gasteiger partial charge in [-0.1, -0.05) is 47.1 Å². The van der Waals surface area contributed by atoms with Crippen molar-refractivity contribution < 1.29 is 8.91 Å². The van der Waals surface area contributed by atoms with Crippen LogP contribution in [0.15, 0.2) is 76.3 Å². The number of benzene rings is 2. The first kappa shape index (κ1) is 21.8. The topological polar surface area (TPSA) is 54.2 Å². The lowest BCUT2D eigenvalue weighted by Gasteiger charge is -2.37. The molecule has 5 rings (SSSR count). The van der Waals surface area contributed by atoms with Crippen molar-refractivity contribution in [3.05, 3.63) is 98.9 Å². The van der Waals surface area contributed by atoms with Crippen molar-refractivity contribution in [3.8, 4) is 11.4 Å². The monoisotopic (exact) mass is 496 g/mol. The number of allylic oxidation sites excluding steroid dienone is 1. The minimum Gasteiger partial charge on any atom is -0.351 e. The number of hydrogen-bond donors (Lipinski definition) is 1. The molecule has 33 heavy (non-hydrogen) atoms. The molecule has 5 nitrogen and oxygen atoms in total. The van der Waals surface area contributed by atoms with E-state index in [2.05, 4.69) is 21.5 Å². The van der Waals surface area contributed by atoms with Gasteiger partial charge in [0.1, 0.15) is 5.82 Å². The van der Waals surface area contributed by atoms with E-state index < -0.39 is 0 Å². The Balaban J connectivity index is 1.60. The van der Waals surface area contributed by atoms with Crippen molar-refractivity contribution in [2.75, 3.05) is 0 Å². The van der Waals surface area contributed by atoms with Gasteiger partial charge in [-0.2, -0.15) is 4.98 Å². The largest absolute Gasteiger partial charge is 0.351 e. The van der Waals surface area contributed by atoms with Crippen LogP contribution in [-0.2, 0) is 6.54 Å². The van der Waals surface area contributed by atoms with Gasteiger partial charge in [0.05, 0.1) is 18.2 Å². The number of aromatic nitrogens is 2. The van der Waals surface area contributed by atoms with E-state index in [1.54, 1.807) is 35.6 Å². The lowest BCUT2D eigenvalue weighted by molar-refractivity contribution is 0.396. The Morgan fingerprint density at radius 3 is 2.73 bits per heavy atom. The van der Waals surface area contributed by atoms with Gasteiger partial charge in [0.2, 0.25) is 5.82 Å². The molecule has 0 spiro atoms. The zero-order chi connectivity index (χ0) is 22.9. The fourth-order valence-corrected chi connectivity index (χ4v) is 4.99. The van der Waals surface area contributed by atoms with E-state index in [0.29, 0.717) is 28.4 Å². The van der Waals surface area contributed by atoms with E-state index in [0.717, 1.165) is 22.4 Å². The lowest BCUT2D eigenvalue weighted by atomic mass is 9.94. The second-order valence-corrected chi connectivity index (χ2v) is 9.39. The van der Waals surface area contributed by atoms with Crippen LogP contribution >= 0.6 is 35.2 Å². The van der Waals surface area contributed by atoms with Crippen LogP contribution in [0.25, 0.3) is 17.0 Å². The standard InChI is InChI=1S/C24H18ClFN4OS2/c1-14-20(23-28-22(29-31-23)16-4-2-5-17(25)12-16)21(15-7-9-18(26)10-8-15)27-24(32)30(14)13-19-6-3-11-33-19/h2-12,21H,13H2,1H3,(H,27,32). The molecule has 1 unspecified atom stereocenters. The highest BCUT2D eigenvalue weighted by Crippen LogP contribution is 2.38. The van der Waals surface area contributed by atoms with Crippen LogP contribution in [0.4, 0.5) is 4.39 Å². The fraction of sp³-hybridized carbons (Fsp3) is 0.125. The summed E-state index contributed by atoms with van der Waals surface area (Å²) in [5.74, 6) is 0.492. The smallest absolute Gasteiger partial charge is 0.258 e. The molecular formula is C24H18ClFN4OS2. The van der Waals surface area contributed by atoms with E-state index in [1.165, 1.54) is 17.0 Å². The average molecular weight is 497 g/mol. The summed E-state index contributed by atoms with van der Waals surface area (Å²) < 4.78 is 19.3. The van der Waals surface area contributed by atoms with Gasteiger partial charge >= 0.3 is 0 Å². The van der Waals surface area contributed by atoms with E-state index in [9.17, 15) is 4.39 Å². The maximum atomic E-state index is 13.6. The minimum atomic E-state index is -0.370. The van der Waals surface area contributed by atoms with Crippen LogP contribution in [-0.4, -0.2) is 20.2 Å². The van der Waals surface area contributed by atoms with Crippen LogP contribution in [0.3, 0.4) is 0 Å². The average Bonchev–Trinajstić information content (AvgIpc) is 3.49. The number of nitrogens with one attached hydrogen (secondary N) is 1. The van der Waals surface area contributed by atoms with Gasteiger partial charge in [-0.3, -0.25) is 0 Å². The lowest BCUT2D eigenvalue weighted by Crippen LogP contribution is -2.45. The van der Waals surface area contributed by atoms with Crippen molar-refractivity contribution in [2.45, 2.75) is 19.5 Å². The molecule has 1 aliphatic heterocycles. The van der Waals surface area contributed by atoms with Gasteiger partial charge in [-0.25, -0.2) is 4.39 Å². The summed E-state index contributed by atoms with van der Waals surface area (Å²) in [5, 5.41) is 10.8. The second kappa shape index (κ2) is 9.05. The SMILES string of the molecule is CC1=C(c2nc(-c3cccc(Cl)c3)no2)C(c2ccc(F)cc2)NC(=S)N1Cc1cccs1. The third-order valence-electron chi connectivity index (χ3n) is 5.43. The van der Waals surface area contributed by atoms with Crippen LogP contribution < -0.4 is 5.32 Å². The van der Waals surface area contributed by atoms with Gasteiger partial charge in [0.25, 0.3) is 5.89 Å². The molecule has 0 radical (unpaired) electrons. The molecule has 2 aromatic carbocycles. The predicted octanol–water partition coefficient (Wildman–Crippen LogP) is 6.45. The van der Waals surface area contributed by atoms with Gasteiger partial charge in [-0.15, -0.1) is 11.3 Å². The molecule has 0 saturated heterocycles. The first-order chi connectivity index (χ1) is 16.0. The highest BCUT2D eigenvalue weighted by Gasteiger charge is 2.34. The van der Waals surface area contributed by atoms with Gasteiger partial charge in [0.15, 0.2) is 5.11 Å². The highest BCUT2D eigenvalue weighted by molar-refractivity contribution is 7.80. The molecule has 1 aliphatic rings.